The van der Waals surface area contributed by atoms with Gasteiger partial charge in [-0.15, -0.1) is 0 Å². The summed E-state index contributed by atoms with van der Waals surface area (Å²) in [5.74, 6) is -0.0368. The second-order valence-corrected chi connectivity index (χ2v) is 4.33. The van der Waals surface area contributed by atoms with Crippen LogP contribution < -0.4 is 5.32 Å². The molecule has 1 unspecified atom stereocenters. The van der Waals surface area contributed by atoms with Gasteiger partial charge in [0.1, 0.15) is 0 Å². The van der Waals surface area contributed by atoms with Crippen molar-refractivity contribution < 1.29 is 9.59 Å². The molecule has 1 saturated heterocycles. The third-order valence-electron chi connectivity index (χ3n) is 2.70. The number of nitrogens with zero attached hydrogens (tertiary/aromatic N) is 1. The first-order valence-electron chi connectivity index (χ1n) is 5.63. The first-order valence-corrected chi connectivity index (χ1v) is 5.63. The summed E-state index contributed by atoms with van der Waals surface area (Å²) in [5, 5.41) is 2.70. The summed E-state index contributed by atoms with van der Waals surface area (Å²) in [6.45, 7) is 7.36. The zero-order valence-electron chi connectivity index (χ0n) is 9.75. The third kappa shape index (κ3) is 2.94. The molecule has 0 spiro atoms. The minimum atomic E-state index is -0.147. The monoisotopic (exact) mass is 212 g/mol. The zero-order valence-corrected chi connectivity index (χ0v) is 9.75. The van der Waals surface area contributed by atoms with Crippen LogP contribution >= 0.6 is 0 Å². The third-order valence-corrected chi connectivity index (χ3v) is 2.70. The van der Waals surface area contributed by atoms with E-state index in [1.165, 1.54) is 0 Å². The first kappa shape index (κ1) is 12.0. The molecular formula is C11H20N2O2. The second kappa shape index (κ2) is 5.14. The predicted octanol–water partition coefficient (Wildman–Crippen LogP) is 0.769. The van der Waals surface area contributed by atoms with Crippen LogP contribution in [0.2, 0.25) is 0 Å². The molecule has 0 aromatic heterocycles. The number of carbonyl (C=O) groups excluding carboxylic acids is 2. The maximum atomic E-state index is 12.1. The molecule has 0 aromatic carbocycles. The van der Waals surface area contributed by atoms with E-state index in [2.05, 4.69) is 12.2 Å². The minimum absolute atomic E-state index is 0.00597. The largest absolute Gasteiger partial charge is 0.355 e. The van der Waals surface area contributed by atoms with Crippen molar-refractivity contribution in [1.82, 2.24) is 10.2 Å². The summed E-state index contributed by atoms with van der Waals surface area (Å²) in [4.78, 5) is 24.9. The molecule has 0 saturated carbocycles. The van der Waals surface area contributed by atoms with Crippen LogP contribution in [0.5, 0.6) is 0 Å². The van der Waals surface area contributed by atoms with E-state index in [0.29, 0.717) is 13.0 Å². The van der Waals surface area contributed by atoms with Crippen LogP contribution in [0.3, 0.4) is 0 Å². The fraction of sp³-hybridized carbons (Fsp3) is 0.818. The Kier molecular flexibility index (Phi) is 4.12. The van der Waals surface area contributed by atoms with Gasteiger partial charge >= 0.3 is 0 Å². The summed E-state index contributed by atoms with van der Waals surface area (Å²) in [5.41, 5.74) is 0. The van der Waals surface area contributed by atoms with Gasteiger partial charge in [-0.3, -0.25) is 9.59 Å². The average Bonchev–Trinajstić information content (AvgIpc) is 2.59. The minimum Gasteiger partial charge on any atom is -0.355 e. The van der Waals surface area contributed by atoms with Crippen LogP contribution in [-0.4, -0.2) is 35.8 Å². The number of nitrogens with one attached hydrogen (secondary N) is 1. The van der Waals surface area contributed by atoms with Gasteiger partial charge in [-0.1, -0.05) is 6.92 Å². The van der Waals surface area contributed by atoms with Crippen LogP contribution in [0.1, 0.15) is 33.6 Å². The Morgan fingerprint density at radius 2 is 2.27 bits per heavy atom. The van der Waals surface area contributed by atoms with Gasteiger partial charge in [-0.25, -0.2) is 0 Å². The molecule has 86 valence electrons. The Balaban J connectivity index is 2.59. The van der Waals surface area contributed by atoms with E-state index in [1.54, 1.807) is 0 Å². The standard InChI is InChI=1S/C11H20N2O2/c1-4-5-13(8(2)3)11(15)9-6-10(14)12-7-9/h8-9H,4-7H2,1-3H3,(H,12,14). The SMILES string of the molecule is CCCN(C(=O)C1CNC(=O)C1)C(C)C. The van der Waals surface area contributed by atoms with Gasteiger partial charge in [-0.2, -0.15) is 0 Å². The van der Waals surface area contributed by atoms with E-state index in [4.69, 9.17) is 0 Å². The Bertz CT molecular complexity index is 251. The number of rotatable bonds is 4. The van der Waals surface area contributed by atoms with Gasteiger partial charge < -0.3 is 10.2 Å². The summed E-state index contributed by atoms with van der Waals surface area (Å²) >= 11 is 0. The molecule has 4 heteroatoms. The Hall–Kier alpha value is -1.06. The lowest BCUT2D eigenvalue weighted by molar-refractivity contribution is -0.137. The number of hydrogen-bond donors (Lipinski definition) is 1. The maximum absolute atomic E-state index is 12.1. The molecule has 1 atom stereocenters. The summed E-state index contributed by atoms with van der Waals surface area (Å²) in [7, 11) is 0. The molecule has 0 bridgehead atoms. The summed E-state index contributed by atoms with van der Waals surface area (Å²) in [6, 6.07) is 0.216. The van der Waals surface area contributed by atoms with Crippen molar-refractivity contribution in [2.75, 3.05) is 13.1 Å². The van der Waals surface area contributed by atoms with Crippen LogP contribution in [0.25, 0.3) is 0 Å². The molecule has 0 aromatic rings. The molecule has 1 aliphatic heterocycles. The molecule has 2 amide bonds. The van der Waals surface area contributed by atoms with E-state index >= 15 is 0 Å². The van der Waals surface area contributed by atoms with Gasteiger partial charge in [0.05, 0.1) is 5.92 Å². The maximum Gasteiger partial charge on any atom is 0.228 e. The van der Waals surface area contributed by atoms with Crippen LogP contribution in [-0.2, 0) is 9.59 Å². The van der Waals surface area contributed by atoms with Gasteiger partial charge in [0.15, 0.2) is 0 Å². The molecular weight excluding hydrogens is 192 g/mol. The van der Waals surface area contributed by atoms with Gasteiger partial charge in [0.25, 0.3) is 0 Å². The predicted molar refractivity (Wildman–Crippen MR) is 58.3 cm³/mol. The lowest BCUT2D eigenvalue weighted by Gasteiger charge is -2.28. The quantitative estimate of drug-likeness (QED) is 0.748. The lowest BCUT2D eigenvalue weighted by atomic mass is 10.1. The van der Waals surface area contributed by atoms with Crippen molar-refractivity contribution in [2.45, 2.75) is 39.7 Å². The van der Waals surface area contributed by atoms with Crippen molar-refractivity contribution in [3.8, 4) is 0 Å². The summed E-state index contributed by atoms with van der Waals surface area (Å²) in [6.07, 6.45) is 1.31. The van der Waals surface area contributed by atoms with Gasteiger partial charge in [0, 0.05) is 25.6 Å². The fourth-order valence-electron chi connectivity index (χ4n) is 1.88. The molecule has 1 N–H and O–H groups in total. The zero-order chi connectivity index (χ0) is 11.4. The van der Waals surface area contributed by atoms with Crippen LogP contribution in [0, 0.1) is 5.92 Å². The first-order chi connectivity index (χ1) is 7.06. The van der Waals surface area contributed by atoms with Crippen molar-refractivity contribution in [3.05, 3.63) is 0 Å². The smallest absolute Gasteiger partial charge is 0.228 e. The van der Waals surface area contributed by atoms with Crippen molar-refractivity contribution in [3.63, 3.8) is 0 Å². The van der Waals surface area contributed by atoms with Crippen LogP contribution in [0.4, 0.5) is 0 Å². The van der Waals surface area contributed by atoms with E-state index < -0.39 is 0 Å². The molecule has 1 rings (SSSR count). The van der Waals surface area contributed by atoms with Crippen molar-refractivity contribution in [1.29, 1.82) is 0 Å². The molecule has 1 fully saturated rings. The normalized spacial score (nSPS) is 20.5. The number of amides is 2. The van der Waals surface area contributed by atoms with E-state index in [-0.39, 0.29) is 23.8 Å². The van der Waals surface area contributed by atoms with Crippen molar-refractivity contribution >= 4 is 11.8 Å². The molecule has 0 radical (unpaired) electrons. The molecule has 1 aliphatic rings. The Morgan fingerprint density at radius 1 is 1.60 bits per heavy atom. The molecule has 15 heavy (non-hydrogen) atoms. The molecule has 4 nitrogen and oxygen atoms in total. The van der Waals surface area contributed by atoms with E-state index in [0.717, 1.165) is 13.0 Å². The van der Waals surface area contributed by atoms with Crippen molar-refractivity contribution in [2.24, 2.45) is 5.92 Å². The molecule has 0 aliphatic carbocycles. The summed E-state index contributed by atoms with van der Waals surface area (Å²) < 4.78 is 0. The van der Waals surface area contributed by atoms with E-state index in [9.17, 15) is 9.59 Å². The highest BCUT2D eigenvalue weighted by Crippen LogP contribution is 2.15. The van der Waals surface area contributed by atoms with Gasteiger partial charge in [-0.05, 0) is 20.3 Å². The average molecular weight is 212 g/mol. The number of hydrogen-bond acceptors (Lipinski definition) is 2. The van der Waals surface area contributed by atoms with Gasteiger partial charge in [0.2, 0.25) is 11.8 Å². The molecule has 1 heterocycles. The highest BCUT2D eigenvalue weighted by molar-refractivity contribution is 5.89. The fourth-order valence-corrected chi connectivity index (χ4v) is 1.88. The Morgan fingerprint density at radius 3 is 2.67 bits per heavy atom. The van der Waals surface area contributed by atoms with Crippen LogP contribution in [0.15, 0.2) is 0 Å². The second-order valence-electron chi connectivity index (χ2n) is 4.33. The number of carbonyl (C=O) groups is 2. The lowest BCUT2D eigenvalue weighted by Crippen LogP contribution is -2.42. The highest BCUT2D eigenvalue weighted by atomic mass is 16.2. The van der Waals surface area contributed by atoms with E-state index in [1.807, 2.05) is 18.7 Å². The Labute approximate surface area is 91.0 Å². The highest BCUT2D eigenvalue weighted by Gasteiger charge is 2.31. The topological polar surface area (TPSA) is 49.4 Å².